The first kappa shape index (κ1) is 21.4. The number of amides is 1. The summed E-state index contributed by atoms with van der Waals surface area (Å²) in [5, 5.41) is 2.60. The number of piperidine rings is 1. The summed E-state index contributed by atoms with van der Waals surface area (Å²) in [5.41, 5.74) is 0.718. The van der Waals surface area contributed by atoms with Gasteiger partial charge in [-0.15, -0.1) is 0 Å². The normalized spacial score (nSPS) is 15.8. The molecule has 1 heterocycles. The molecule has 0 radical (unpaired) electrons. The standard InChI is InChI=1S/C20H20ClFN2O4S/c1-13(25)15-3-2-4-17(11-15)29(27,28)24-9-7-14(8-10-24)20(26)23-16-5-6-19(22)18(21)12-16/h2-6,11-12,14H,7-10H2,1H3,(H,23,26). The van der Waals surface area contributed by atoms with E-state index in [1.807, 2.05) is 0 Å². The van der Waals surface area contributed by atoms with Gasteiger partial charge in [-0.05, 0) is 50.1 Å². The molecular weight excluding hydrogens is 419 g/mol. The molecule has 0 aromatic heterocycles. The molecule has 1 N–H and O–H groups in total. The zero-order chi connectivity index (χ0) is 21.2. The number of nitrogens with zero attached hydrogens (tertiary/aromatic N) is 1. The van der Waals surface area contributed by atoms with Crippen molar-refractivity contribution in [2.45, 2.75) is 24.7 Å². The van der Waals surface area contributed by atoms with Crippen molar-refractivity contribution in [2.75, 3.05) is 18.4 Å². The van der Waals surface area contributed by atoms with Gasteiger partial charge in [-0.2, -0.15) is 4.31 Å². The number of halogens is 2. The third-order valence-electron chi connectivity index (χ3n) is 4.89. The molecule has 1 saturated heterocycles. The number of carbonyl (C=O) groups excluding carboxylic acids is 2. The Morgan fingerprint density at radius 2 is 1.83 bits per heavy atom. The second-order valence-corrected chi connectivity index (χ2v) is 9.23. The number of rotatable bonds is 5. The molecular formula is C20H20ClFN2O4S. The fraction of sp³-hybridized carbons (Fsp3) is 0.300. The molecule has 1 aliphatic heterocycles. The van der Waals surface area contributed by atoms with E-state index in [-0.39, 0.29) is 40.6 Å². The van der Waals surface area contributed by atoms with Crippen molar-refractivity contribution in [3.63, 3.8) is 0 Å². The minimum absolute atomic E-state index is 0.0639. The molecule has 0 saturated carbocycles. The number of anilines is 1. The van der Waals surface area contributed by atoms with Gasteiger partial charge in [0.2, 0.25) is 15.9 Å². The highest BCUT2D eigenvalue weighted by molar-refractivity contribution is 7.89. The molecule has 2 aromatic carbocycles. The van der Waals surface area contributed by atoms with Crippen LogP contribution in [0.25, 0.3) is 0 Å². The van der Waals surface area contributed by atoms with Crippen molar-refractivity contribution >= 4 is 39.0 Å². The SMILES string of the molecule is CC(=O)c1cccc(S(=O)(=O)N2CCC(C(=O)Nc3ccc(F)c(Cl)c3)CC2)c1. The van der Waals surface area contributed by atoms with Crippen LogP contribution < -0.4 is 5.32 Å². The lowest BCUT2D eigenvalue weighted by Crippen LogP contribution is -2.41. The van der Waals surface area contributed by atoms with E-state index >= 15 is 0 Å². The van der Waals surface area contributed by atoms with Crippen molar-refractivity contribution in [2.24, 2.45) is 5.92 Å². The van der Waals surface area contributed by atoms with Crippen molar-refractivity contribution in [1.82, 2.24) is 4.31 Å². The number of Topliss-reactive ketones (excluding diaryl/α,β-unsaturated/α-hetero) is 1. The summed E-state index contributed by atoms with van der Waals surface area (Å²) in [6.07, 6.45) is 0.707. The lowest BCUT2D eigenvalue weighted by atomic mass is 9.97. The predicted molar refractivity (Wildman–Crippen MR) is 108 cm³/mol. The number of nitrogens with one attached hydrogen (secondary N) is 1. The molecule has 0 atom stereocenters. The number of hydrogen-bond donors (Lipinski definition) is 1. The van der Waals surface area contributed by atoms with Crippen LogP contribution in [0.15, 0.2) is 47.4 Å². The number of benzene rings is 2. The van der Waals surface area contributed by atoms with Gasteiger partial charge in [-0.3, -0.25) is 9.59 Å². The zero-order valence-corrected chi connectivity index (χ0v) is 17.3. The van der Waals surface area contributed by atoms with E-state index in [1.165, 1.54) is 47.6 Å². The van der Waals surface area contributed by atoms with E-state index in [0.29, 0.717) is 24.1 Å². The van der Waals surface area contributed by atoms with Gasteiger partial charge in [-0.25, -0.2) is 12.8 Å². The first-order valence-corrected chi connectivity index (χ1v) is 10.9. The van der Waals surface area contributed by atoms with Crippen molar-refractivity contribution in [3.05, 3.63) is 58.9 Å². The molecule has 1 aliphatic rings. The molecule has 0 bridgehead atoms. The van der Waals surface area contributed by atoms with Crippen LogP contribution in [0, 0.1) is 11.7 Å². The molecule has 0 spiro atoms. The summed E-state index contributed by atoms with van der Waals surface area (Å²) < 4.78 is 40.3. The molecule has 1 amide bonds. The third-order valence-corrected chi connectivity index (χ3v) is 7.07. The monoisotopic (exact) mass is 438 g/mol. The maximum atomic E-state index is 13.2. The van der Waals surface area contributed by atoms with Crippen LogP contribution in [0.4, 0.5) is 10.1 Å². The number of ketones is 1. The first-order chi connectivity index (χ1) is 13.7. The Balaban J connectivity index is 1.65. The van der Waals surface area contributed by atoms with Gasteiger partial charge in [-0.1, -0.05) is 23.7 Å². The van der Waals surface area contributed by atoms with E-state index in [0.717, 1.165) is 0 Å². The Hall–Kier alpha value is -2.29. The molecule has 29 heavy (non-hydrogen) atoms. The third kappa shape index (κ3) is 4.83. The van der Waals surface area contributed by atoms with Gasteiger partial charge in [0.05, 0.1) is 9.92 Å². The zero-order valence-electron chi connectivity index (χ0n) is 15.7. The highest BCUT2D eigenvalue weighted by atomic mass is 35.5. The van der Waals surface area contributed by atoms with Crippen LogP contribution in [0.3, 0.4) is 0 Å². The highest BCUT2D eigenvalue weighted by Crippen LogP contribution is 2.26. The Morgan fingerprint density at radius 1 is 1.14 bits per heavy atom. The summed E-state index contributed by atoms with van der Waals surface area (Å²) in [5.74, 6) is -1.41. The van der Waals surface area contributed by atoms with E-state index in [2.05, 4.69) is 5.32 Å². The Kier molecular flexibility index (Phi) is 6.36. The highest BCUT2D eigenvalue weighted by Gasteiger charge is 2.32. The van der Waals surface area contributed by atoms with Crippen LogP contribution in [-0.4, -0.2) is 37.5 Å². The molecule has 3 rings (SSSR count). The second kappa shape index (κ2) is 8.61. The summed E-state index contributed by atoms with van der Waals surface area (Å²) in [6, 6.07) is 9.85. The first-order valence-electron chi connectivity index (χ1n) is 9.05. The fourth-order valence-electron chi connectivity index (χ4n) is 3.20. The lowest BCUT2D eigenvalue weighted by molar-refractivity contribution is -0.120. The number of hydrogen-bond acceptors (Lipinski definition) is 4. The predicted octanol–water partition coefficient (Wildman–Crippen LogP) is 3.72. The van der Waals surface area contributed by atoms with Crippen LogP contribution in [-0.2, 0) is 14.8 Å². The Labute approximate surface area is 173 Å². The summed E-state index contributed by atoms with van der Waals surface area (Å²) in [7, 11) is -3.75. The lowest BCUT2D eigenvalue weighted by Gasteiger charge is -2.30. The maximum Gasteiger partial charge on any atom is 0.243 e. The average Bonchev–Trinajstić information content (AvgIpc) is 2.71. The largest absolute Gasteiger partial charge is 0.326 e. The van der Waals surface area contributed by atoms with E-state index in [9.17, 15) is 22.4 Å². The van der Waals surface area contributed by atoms with Gasteiger partial charge in [0.1, 0.15) is 5.82 Å². The number of sulfonamides is 1. The summed E-state index contributed by atoms with van der Waals surface area (Å²) in [4.78, 5) is 24.0. The molecule has 6 nitrogen and oxygen atoms in total. The quantitative estimate of drug-likeness (QED) is 0.721. The van der Waals surface area contributed by atoms with E-state index in [1.54, 1.807) is 6.07 Å². The van der Waals surface area contributed by atoms with Crippen LogP contribution in [0.2, 0.25) is 5.02 Å². The van der Waals surface area contributed by atoms with Crippen molar-refractivity contribution in [3.8, 4) is 0 Å². The molecule has 0 aliphatic carbocycles. The minimum Gasteiger partial charge on any atom is -0.326 e. The van der Waals surface area contributed by atoms with Crippen LogP contribution in [0.5, 0.6) is 0 Å². The summed E-state index contributed by atoms with van der Waals surface area (Å²) >= 11 is 5.72. The smallest absolute Gasteiger partial charge is 0.243 e. The van der Waals surface area contributed by atoms with Gasteiger partial charge >= 0.3 is 0 Å². The van der Waals surface area contributed by atoms with Crippen molar-refractivity contribution < 1.29 is 22.4 Å². The average molecular weight is 439 g/mol. The fourth-order valence-corrected chi connectivity index (χ4v) is 4.90. The van der Waals surface area contributed by atoms with Gasteiger partial charge < -0.3 is 5.32 Å². The second-order valence-electron chi connectivity index (χ2n) is 6.88. The minimum atomic E-state index is -3.75. The van der Waals surface area contributed by atoms with Crippen LogP contribution >= 0.6 is 11.6 Å². The molecule has 154 valence electrons. The Morgan fingerprint density at radius 3 is 2.45 bits per heavy atom. The molecule has 9 heteroatoms. The Bertz CT molecular complexity index is 1050. The van der Waals surface area contributed by atoms with E-state index in [4.69, 9.17) is 11.6 Å². The van der Waals surface area contributed by atoms with Crippen molar-refractivity contribution in [1.29, 1.82) is 0 Å². The van der Waals surface area contributed by atoms with E-state index < -0.39 is 15.8 Å². The van der Waals surface area contributed by atoms with Gasteiger partial charge in [0.15, 0.2) is 5.78 Å². The number of carbonyl (C=O) groups is 2. The summed E-state index contributed by atoms with van der Waals surface area (Å²) in [6.45, 7) is 1.76. The van der Waals surface area contributed by atoms with Gasteiger partial charge in [0.25, 0.3) is 0 Å². The van der Waals surface area contributed by atoms with Crippen LogP contribution in [0.1, 0.15) is 30.1 Å². The van der Waals surface area contributed by atoms with Gasteiger partial charge in [0, 0.05) is 30.3 Å². The molecule has 2 aromatic rings. The topological polar surface area (TPSA) is 83.6 Å². The maximum absolute atomic E-state index is 13.2. The molecule has 0 unspecified atom stereocenters. The molecule has 1 fully saturated rings.